The zero-order chi connectivity index (χ0) is 25.5. The molecule has 0 saturated carbocycles. The number of hydrogen-bond acceptors (Lipinski definition) is 0. The summed E-state index contributed by atoms with van der Waals surface area (Å²) < 4.78 is 4.98. The van der Waals surface area contributed by atoms with Gasteiger partial charge in [0, 0.05) is 6.42 Å². The van der Waals surface area contributed by atoms with Crippen LogP contribution in [0.1, 0.15) is 155 Å². The van der Waals surface area contributed by atoms with Gasteiger partial charge in [-0.15, -0.1) is 0 Å². The van der Waals surface area contributed by atoms with Crippen LogP contribution in [-0.4, -0.2) is 4.57 Å². The van der Waals surface area contributed by atoms with Gasteiger partial charge < -0.3 is 0 Å². The van der Waals surface area contributed by atoms with Gasteiger partial charge in [-0.05, 0) is 31.4 Å². The summed E-state index contributed by atoms with van der Waals surface area (Å²) in [6.07, 6.45) is 35.4. The molecule has 204 valence electrons. The number of aromatic nitrogens is 2. The zero-order valence-corrected chi connectivity index (χ0v) is 24.2. The molecule has 0 fully saturated rings. The molecule has 0 unspecified atom stereocenters. The molecular weight excluding hydrogens is 436 g/mol. The Balaban J connectivity index is 1.65. The number of hydrogen-bond donors (Lipinski definition) is 0. The van der Waals surface area contributed by atoms with E-state index in [0.29, 0.717) is 0 Å². The van der Waals surface area contributed by atoms with Crippen molar-refractivity contribution in [3.05, 3.63) is 48.5 Å². The van der Waals surface area contributed by atoms with E-state index in [9.17, 15) is 0 Å². The molecular formula is C34H59N2+. The molecule has 36 heavy (non-hydrogen) atoms. The lowest BCUT2D eigenvalue weighted by Crippen LogP contribution is -2.37. The first kappa shape index (κ1) is 30.7. The van der Waals surface area contributed by atoms with Crippen LogP contribution in [0.4, 0.5) is 0 Å². The minimum Gasteiger partial charge on any atom is -0.234 e. The van der Waals surface area contributed by atoms with E-state index in [1.807, 2.05) is 0 Å². The molecule has 0 atom stereocenters. The van der Waals surface area contributed by atoms with Crippen molar-refractivity contribution in [3.8, 4) is 5.69 Å². The maximum atomic E-state index is 2.55. The van der Waals surface area contributed by atoms with Crippen LogP contribution in [0, 0.1) is 0 Å². The Morgan fingerprint density at radius 3 is 1.47 bits per heavy atom. The normalized spacial score (nSPS) is 11.4. The summed E-state index contributed by atoms with van der Waals surface area (Å²) in [6, 6.07) is 10.9. The molecule has 0 N–H and O–H groups in total. The first-order valence-corrected chi connectivity index (χ1v) is 16.0. The predicted molar refractivity (Wildman–Crippen MR) is 158 cm³/mol. The van der Waals surface area contributed by atoms with Crippen LogP contribution in [0.3, 0.4) is 0 Å². The quantitative estimate of drug-likeness (QED) is 0.101. The van der Waals surface area contributed by atoms with Gasteiger partial charge in [-0.3, -0.25) is 0 Å². The van der Waals surface area contributed by atoms with Crippen molar-refractivity contribution in [2.45, 2.75) is 162 Å². The molecule has 0 spiro atoms. The van der Waals surface area contributed by atoms with Crippen LogP contribution in [-0.2, 0) is 13.0 Å². The maximum Gasteiger partial charge on any atom is 0.261 e. The first-order chi connectivity index (χ1) is 17.9. The monoisotopic (exact) mass is 495 g/mol. The van der Waals surface area contributed by atoms with Gasteiger partial charge in [-0.25, -0.2) is 4.57 Å². The van der Waals surface area contributed by atoms with E-state index in [-0.39, 0.29) is 0 Å². The topological polar surface area (TPSA) is 8.81 Å². The highest BCUT2D eigenvalue weighted by Crippen LogP contribution is 2.15. The van der Waals surface area contributed by atoms with Crippen LogP contribution in [0.5, 0.6) is 0 Å². The minimum absolute atomic E-state index is 1.17. The molecule has 2 aromatic rings. The summed E-state index contributed by atoms with van der Waals surface area (Å²) >= 11 is 0. The number of benzene rings is 1. The lowest BCUT2D eigenvalue weighted by atomic mass is 10.0. The van der Waals surface area contributed by atoms with Gasteiger partial charge >= 0.3 is 0 Å². The van der Waals surface area contributed by atoms with Crippen molar-refractivity contribution in [1.29, 1.82) is 0 Å². The maximum absolute atomic E-state index is 2.55. The van der Waals surface area contributed by atoms with E-state index in [1.165, 1.54) is 159 Å². The van der Waals surface area contributed by atoms with Crippen molar-refractivity contribution in [2.75, 3.05) is 0 Å². The van der Waals surface area contributed by atoms with E-state index in [1.54, 1.807) is 0 Å². The number of nitrogens with zero attached hydrogens (tertiary/aromatic N) is 2. The lowest BCUT2D eigenvalue weighted by molar-refractivity contribution is -0.704. The third kappa shape index (κ3) is 13.7. The zero-order valence-electron chi connectivity index (χ0n) is 24.2. The molecule has 0 radical (unpaired) electrons. The minimum atomic E-state index is 1.17. The molecule has 1 aromatic heterocycles. The Morgan fingerprint density at radius 1 is 0.528 bits per heavy atom. The SMILES string of the molecule is CCCCCCCCCCCCCCC[n+]1ccn(-c2ccccc2)c1CCCCCCCCCC. The van der Waals surface area contributed by atoms with E-state index in [0.717, 1.165) is 0 Å². The largest absolute Gasteiger partial charge is 0.261 e. The van der Waals surface area contributed by atoms with Crippen LogP contribution in [0.15, 0.2) is 42.7 Å². The second kappa shape index (κ2) is 21.5. The number of aryl methyl sites for hydroxylation is 1. The highest BCUT2D eigenvalue weighted by molar-refractivity contribution is 5.31. The lowest BCUT2D eigenvalue weighted by Gasteiger charge is -2.06. The number of para-hydroxylation sites is 1. The molecule has 0 aliphatic rings. The highest BCUT2D eigenvalue weighted by Gasteiger charge is 2.18. The third-order valence-electron chi connectivity index (χ3n) is 7.80. The molecule has 0 bridgehead atoms. The van der Waals surface area contributed by atoms with E-state index >= 15 is 0 Å². The van der Waals surface area contributed by atoms with Crippen LogP contribution < -0.4 is 4.57 Å². The van der Waals surface area contributed by atoms with Crippen molar-refractivity contribution in [3.63, 3.8) is 0 Å². The highest BCUT2D eigenvalue weighted by atomic mass is 15.1. The van der Waals surface area contributed by atoms with Gasteiger partial charge in [0.25, 0.3) is 5.82 Å². The summed E-state index contributed by atoms with van der Waals surface area (Å²) in [6.45, 7) is 5.77. The van der Waals surface area contributed by atoms with Gasteiger partial charge in [-0.2, -0.15) is 4.57 Å². The molecule has 2 rings (SSSR count). The Bertz CT molecular complexity index is 733. The molecule has 0 amide bonds. The molecule has 1 heterocycles. The Morgan fingerprint density at radius 2 is 0.972 bits per heavy atom. The second-order valence-electron chi connectivity index (χ2n) is 11.1. The van der Waals surface area contributed by atoms with Crippen molar-refractivity contribution in [1.82, 2.24) is 4.57 Å². The number of unbranched alkanes of at least 4 members (excludes halogenated alkanes) is 19. The standard InChI is InChI=1S/C34H59N2/c1-3-5-7-9-11-13-14-15-16-17-19-21-26-30-35-31-32-36(33-27-23-22-24-28-33)34(35)29-25-20-18-12-10-8-6-4-2/h22-24,27-28,31-32H,3-21,25-26,29-30H2,1-2H3/q+1. The second-order valence-corrected chi connectivity index (χ2v) is 11.1. The van der Waals surface area contributed by atoms with Gasteiger partial charge in [0.2, 0.25) is 0 Å². The molecule has 0 aliphatic heterocycles. The van der Waals surface area contributed by atoms with E-state index in [4.69, 9.17) is 0 Å². The Labute approximate surface area is 224 Å². The van der Waals surface area contributed by atoms with Crippen LogP contribution in [0.2, 0.25) is 0 Å². The molecule has 2 nitrogen and oxygen atoms in total. The van der Waals surface area contributed by atoms with Crippen LogP contribution in [0.25, 0.3) is 5.69 Å². The van der Waals surface area contributed by atoms with Crippen molar-refractivity contribution >= 4 is 0 Å². The smallest absolute Gasteiger partial charge is 0.234 e. The molecule has 0 aliphatic carbocycles. The average Bonchev–Trinajstić information content (AvgIpc) is 3.31. The van der Waals surface area contributed by atoms with Gasteiger partial charge in [-0.1, -0.05) is 148 Å². The van der Waals surface area contributed by atoms with Crippen molar-refractivity contribution < 1.29 is 4.57 Å². The molecule has 1 aromatic carbocycles. The third-order valence-corrected chi connectivity index (χ3v) is 7.80. The van der Waals surface area contributed by atoms with Crippen LogP contribution >= 0.6 is 0 Å². The summed E-state index contributed by atoms with van der Waals surface area (Å²) in [5.41, 5.74) is 1.30. The van der Waals surface area contributed by atoms with Gasteiger partial charge in [0.1, 0.15) is 18.1 Å². The number of rotatable bonds is 24. The number of imidazole rings is 1. The average molecular weight is 496 g/mol. The Hall–Kier alpha value is -1.57. The molecule has 0 saturated heterocycles. The fraction of sp³-hybridized carbons (Fsp3) is 0.735. The van der Waals surface area contributed by atoms with Gasteiger partial charge in [0.15, 0.2) is 0 Å². The summed E-state index contributed by atoms with van der Waals surface area (Å²) in [4.78, 5) is 0. The predicted octanol–water partition coefficient (Wildman–Crippen LogP) is 10.5. The van der Waals surface area contributed by atoms with Gasteiger partial charge in [0.05, 0.1) is 6.54 Å². The Kier molecular flexibility index (Phi) is 18.3. The molecule has 2 heteroatoms. The fourth-order valence-electron chi connectivity index (χ4n) is 5.47. The summed E-state index contributed by atoms with van der Waals surface area (Å²) in [5.74, 6) is 1.49. The summed E-state index contributed by atoms with van der Waals surface area (Å²) in [7, 11) is 0. The fourth-order valence-corrected chi connectivity index (χ4v) is 5.47. The first-order valence-electron chi connectivity index (χ1n) is 16.0. The van der Waals surface area contributed by atoms with Crippen molar-refractivity contribution in [2.24, 2.45) is 0 Å². The van der Waals surface area contributed by atoms with E-state index in [2.05, 4.69) is 65.7 Å². The summed E-state index contributed by atoms with van der Waals surface area (Å²) in [5, 5.41) is 0. The van der Waals surface area contributed by atoms with E-state index < -0.39 is 0 Å².